The molecule has 1 aromatic heterocycles. The summed E-state index contributed by atoms with van der Waals surface area (Å²) < 4.78 is 0. The van der Waals surface area contributed by atoms with Gasteiger partial charge in [-0.3, -0.25) is 9.78 Å². The number of hydrogen-bond acceptors (Lipinski definition) is 4. The highest BCUT2D eigenvalue weighted by molar-refractivity contribution is 8.00. The number of carbonyl (C=O) groups is 1. The Kier molecular flexibility index (Phi) is 3.43. The van der Waals surface area contributed by atoms with E-state index in [1.165, 1.54) is 11.8 Å². The van der Waals surface area contributed by atoms with Crippen LogP contribution >= 0.6 is 24.4 Å². The summed E-state index contributed by atoms with van der Waals surface area (Å²) in [6, 6.07) is 1.75. The average molecular weight is 201 g/mol. The number of aliphatic carboxylic acids is 1. The monoisotopic (exact) mass is 201 g/mol. The number of thiol groups is 1. The van der Waals surface area contributed by atoms with Crippen molar-refractivity contribution in [1.82, 2.24) is 4.98 Å². The molecule has 5 heteroatoms. The van der Waals surface area contributed by atoms with Crippen molar-refractivity contribution < 1.29 is 9.90 Å². The van der Waals surface area contributed by atoms with Gasteiger partial charge in [0.25, 0.3) is 0 Å². The van der Waals surface area contributed by atoms with Crippen molar-refractivity contribution in [3.63, 3.8) is 0 Å². The second-order valence-electron chi connectivity index (χ2n) is 2.03. The van der Waals surface area contributed by atoms with E-state index in [4.69, 9.17) is 5.11 Å². The average Bonchev–Trinajstić information content (AvgIpc) is 2.03. The summed E-state index contributed by atoms with van der Waals surface area (Å²) >= 11 is 5.36. The van der Waals surface area contributed by atoms with Gasteiger partial charge in [0.15, 0.2) is 0 Å². The van der Waals surface area contributed by atoms with Crippen LogP contribution in [0.2, 0.25) is 0 Å². The van der Waals surface area contributed by atoms with E-state index in [0.717, 1.165) is 4.90 Å². The standard InChI is InChI=1S/C7H7NO2S2/c9-7(10)4-12-6-1-2-8-3-5(6)11/h1-3,11H,4H2,(H,9,10). The zero-order chi connectivity index (χ0) is 8.97. The molecule has 0 aliphatic heterocycles. The summed E-state index contributed by atoms with van der Waals surface area (Å²) in [6.45, 7) is 0. The van der Waals surface area contributed by atoms with Crippen LogP contribution in [0.1, 0.15) is 0 Å². The van der Waals surface area contributed by atoms with Gasteiger partial charge in [0, 0.05) is 22.2 Å². The summed E-state index contributed by atoms with van der Waals surface area (Å²) in [7, 11) is 0. The van der Waals surface area contributed by atoms with E-state index in [0.29, 0.717) is 4.90 Å². The third kappa shape index (κ3) is 2.75. The molecule has 0 fully saturated rings. The first-order valence-corrected chi connectivity index (χ1v) is 4.61. The first-order valence-electron chi connectivity index (χ1n) is 3.17. The highest BCUT2D eigenvalue weighted by Gasteiger charge is 2.01. The van der Waals surface area contributed by atoms with Gasteiger partial charge in [-0.25, -0.2) is 0 Å². The summed E-state index contributed by atoms with van der Waals surface area (Å²) in [6.07, 6.45) is 3.21. The molecule has 0 aliphatic carbocycles. The van der Waals surface area contributed by atoms with Gasteiger partial charge in [0.05, 0.1) is 5.75 Å². The lowest BCUT2D eigenvalue weighted by Gasteiger charge is -1.99. The van der Waals surface area contributed by atoms with Crippen LogP contribution < -0.4 is 0 Å². The Morgan fingerprint density at radius 1 is 1.75 bits per heavy atom. The van der Waals surface area contributed by atoms with Crippen LogP contribution in [0.25, 0.3) is 0 Å². The molecule has 0 aromatic carbocycles. The van der Waals surface area contributed by atoms with E-state index in [1.54, 1.807) is 18.5 Å². The highest BCUT2D eigenvalue weighted by Crippen LogP contribution is 2.23. The van der Waals surface area contributed by atoms with Gasteiger partial charge in [-0.05, 0) is 6.07 Å². The molecule has 0 bridgehead atoms. The highest BCUT2D eigenvalue weighted by atomic mass is 32.2. The Morgan fingerprint density at radius 2 is 2.50 bits per heavy atom. The Labute approximate surface area is 79.6 Å². The quantitative estimate of drug-likeness (QED) is 0.575. The first-order chi connectivity index (χ1) is 5.70. The van der Waals surface area contributed by atoms with Crippen LogP contribution in [0.5, 0.6) is 0 Å². The summed E-state index contributed by atoms with van der Waals surface area (Å²) in [4.78, 5) is 15.6. The molecule has 0 unspecified atom stereocenters. The number of thioether (sulfide) groups is 1. The Hall–Kier alpha value is -0.680. The fourth-order valence-corrected chi connectivity index (χ4v) is 1.61. The minimum absolute atomic E-state index is 0.0531. The molecular formula is C7H7NO2S2. The normalized spacial score (nSPS) is 9.75. The van der Waals surface area contributed by atoms with E-state index in [-0.39, 0.29) is 5.75 Å². The molecule has 1 aromatic rings. The Morgan fingerprint density at radius 3 is 3.08 bits per heavy atom. The maximum atomic E-state index is 10.2. The van der Waals surface area contributed by atoms with Gasteiger partial charge in [0.1, 0.15) is 0 Å². The van der Waals surface area contributed by atoms with Gasteiger partial charge >= 0.3 is 5.97 Å². The lowest BCUT2D eigenvalue weighted by atomic mass is 10.5. The molecule has 0 saturated carbocycles. The van der Waals surface area contributed by atoms with Crippen LogP contribution in [0.4, 0.5) is 0 Å². The zero-order valence-corrected chi connectivity index (χ0v) is 7.81. The molecule has 0 radical (unpaired) electrons. The molecule has 1 rings (SSSR count). The summed E-state index contributed by atoms with van der Waals surface area (Å²) in [5, 5.41) is 8.40. The second-order valence-corrected chi connectivity index (χ2v) is 3.52. The second kappa shape index (κ2) is 4.37. The SMILES string of the molecule is O=C(O)CSc1ccncc1S. The Balaban J connectivity index is 2.63. The van der Waals surface area contributed by atoms with Gasteiger partial charge in [-0.2, -0.15) is 0 Å². The van der Waals surface area contributed by atoms with Crippen molar-refractivity contribution in [2.75, 3.05) is 5.75 Å². The molecule has 1 N–H and O–H groups in total. The molecule has 0 amide bonds. The number of carboxylic acids is 1. The summed E-state index contributed by atoms with van der Waals surface area (Å²) in [5.41, 5.74) is 0. The Bertz CT molecular complexity index is 290. The van der Waals surface area contributed by atoms with Gasteiger partial charge in [-0.1, -0.05) is 0 Å². The number of hydrogen-bond donors (Lipinski definition) is 2. The van der Waals surface area contributed by atoms with E-state index in [1.807, 2.05) is 0 Å². The number of aromatic nitrogens is 1. The van der Waals surface area contributed by atoms with Crippen LogP contribution in [0.3, 0.4) is 0 Å². The molecule has 1 heterocycles. The van der Waals surface area contributed by atoms with Crippen LogP contribution in [0, 0.1) is 0 Å². The number of nitrogens with zero attached hydrogens (tertiary/aromatic N) is 1. The van der Waals surface area contributed by atoms with Crippen molar-refractivity contribution in [3.05, 3.63) is 18.5 Å². The zero-order valence-electron chi connectivity index (χ0n) is 6.10. The van der Waals surface area contributed by atoms with Crippen molar-refractivity contribution in [2.45, 2.75) is 9.79 Å². The fraction of sp³-hybridized carbons (Fsp3) is 0.143. The smallest absolute Gasteiger partial charge is 0.313 e. The lowest BCUT2D eigenvalue weighted by Crippen LogP contribution is -1.97. The maximum Gasteiger partial charge on any atom is 0.313 e. The maximum absolute atomic E-state index is 10.2. The molecule has 0 atom stereocenters. The number of rotatable bonds is 3. The molecule has 0 saturated heterocycles. The molecule has 0 aliphatic rings. The minimum Gasteiger partial charge on any atom is -0.481 e. The van der Waals surface area contributed by atoms with Gasteiger partial charge < -0.3 is 5.11 Å². The van der Waals surface area contributed by atoms with Crippen LogP contribution in [0.15, 0.2) is 28.3 Å². The molecule has 3 nitrogen and oxygen atoms in total. The van der Waals surface area contributed by atoms with Crippen molar-refractivity contribution in [2.24, 2.45) is 0 Å². The van der Waals surface area contributed by atoms with Crippen LogP contribution in [-0.4, -0.2) is 21.8 Å². The molecule has 12 heavy (non-hydrogen) atoms. The lowest BCUT2D eigenvalue weighted by molar-refractivity contribution is -0.133. The molecule has 64 valence electrons. The van der Waals surface area contributed by atoms with E-state index in [2.05, 4.69) is 17.6 Å². The minimum atomic E-state index is -0.829. The van der Waals surface area contributed by atoms with Gasteiger partial charge in [0.2, 0.25) is 0 Å². The predicted octanol–water partition coefficient (Wildman–Crippen LogP) is 1.55. The first kappa shape index (κ1) is 9.41. The van der Waals surface area contributed by atoms with Crippen molar-refractivity contribution >= 4 is 30.4 Å². The number of carboxylic acid groups (broad SMARTS) is 1. The van der Waals surface area contributed by atoms with Crippen molar-refractivity contribution in [3.8, 4) is 0 Å². The third-order valence-electron chi connectivity index (χ3n) is 1.11. The summed E-state index contributed by atoms with van der Waals surface area (Å²) in [5.74, 6) is -0.776. The van der Waals surface area contributed by atoms with E-state index < -0.39 is 5.97 Å². The molecular weight excluding hydrogens is 194 g/mol. The van der Waals surface area contributed by atoms with E-state index >= 15 is 0 Å². The topological polar surface area (TPSA) is 50.2 Å². The molecule has 0 spiro atoms. The number of pyridine rings is 1. The fourth-order valence-electron chi connectivity index (χ4n) is 0.635. The predicted molar refractivity (Wildman–Crippen MR) is 49.8 cm³/mol. The third-order valence-corrected chi connectivity index (χ3v) is 2.68. The largest absolute Gasteiger partial charge is 0.481 e. The van der Waals surface area contributed by atoms with Crippen molar-refractivity contribution in [1.29, 1.82) is 0 Å². The van der Waals surface area contributed by atoms with Crippen LogP contribution in [-0.2, 0) is 4.79 Å². The van der Waals surface area contributed by atoms with E-state index in [9.17, 15) is 4.79 Å². The van der Waals surface area contributed by atoms with Gasteiger partial charge in [-0.15, -0.1) is 24.4 Å².